The van der Waals surface area contributed by atoms with Gasteiger partial charge in [-0.2, -0.15) is 4.31 Å². The minimum atomic E-state index is -3.68. The van der Waals surface area contributed by atoms with Crippen molar-refractivity contribution in [1.82, 2.24) is 9.46 Å². The predicted molar refractivity (Wildman–Crippen MR) is 138 cm³/mol. The van der Waals surface area contributed by atoms with Gasteiger partial charge >= 0.3 is 0 Å². The van der Waals surface area contributed by atoms with Crippen molar-refractivity contribution in [2.24, 2.45) is 0 Å². The second-order valence-corrected chi connectivity index (χ2v) is 11.1. The molecule has 10 heteroatoms. The highest BCUT2D eigenvalue weighted by Crippen LogP contribution is 2.41. The van der Waals surface area contributed by atoms with Crippen molar-refractivity contribution in [2.75, 3.05) is 18.0 Å². The highest BCUT2D eigenvalue weighted by Gasteiger charge is 2.45. The summed E-state index contributed by atoms with van der Waals surface area (Å²) in [7, 11) is -3.68. The Kier molecular flexibility index (Phi) is 6.04. The molecule has 37 heavy (non-hydrogen) atoms. The van der Waals surface area contributed by atoms with Gasteiger partial charge < -0.3 is 8.94 Å². The number of anilines is 1. The van der Waals surface area contributed by atoms with Crippen molar-refractivity contribution in [1.29, 1.82) is 0 Å². The lowest BCUT2D eigenvalue weighted by atomic mass is 9.97. The summed E-state index contributed by atoms with van der Waals surface area (Å²) in [6.07, 6.45) is 0. The molecular weight excluding hydrogens is 494 g/mol. The fraction of sp³-hybridized carbons (Fsp3) is 0.296. The molecule has 0 fully saturated rings. The first kappa shape index (κ1) is 24.9. The maximum Gasteiger partial charge on any atom is 0.296 e. The highest BCUT2D eigenvalue weighted by molar-refractivity contribution is 7.89. The van der Waals surface area contributed by atoms with Crippen molar-refractivity contribution >= 4 is 32.7 Å². The first-order valence-electron chi connectivity index (χ1n) is 12.0. The zero-order chi connectivity index (χ0) is 26.6. The van der Waals surface area contributed by atoms with E-state index in [-0.39, 0.29) is 27.5 Å². The Morgan fingerprint density at radius 1 is 0.973 bits per heavy atom. The molecule has 5 rings (SSSR count). The first-order valence-corrected chi connectivity index (χ1v) is 13.5. The highest BCUT2D eigenvalue weighted by atomic mass is 32.2. The number of rotatable bonds is 6. The zero-order valence-corrected chi connectivity index (χ0v) is 22.0. The van der Waals surface area contributed by atoms with E-state index in [4.69, 9.17) is 8.94 Å². The van der Waals surface area contributed by atoms with Gasteiger partial charge in [0.2, 0.25) is 15.8 Å². The van der Waals surface area contributed by atoms with Crippen LogP contribution in [0.4, 0.5) is 5.82 Å². The standard InChI is InChI=1S/C27H27N3O6S/c1-6-29(7-2)37(33,34)19-10-8-18(9-11-19)24-23-25(31)20-12-15(3)16(4)13-21(20)35-26(23)27(32)30(24)22-14-17(5)36-28-22/h8-14,24H,6-7H2,1-5H3. The van der Waals surface area contributed by atoms with Crippen LogP contribution in [0.2, 0.25) is 0 Å². The Balaban J connectivity index is 1.72. The Bertz CT molecular complexity index is 1700. The lowest BCUT2D eigenvalue weighted by Crippen LogP contribution is -2.31. The van der Waals surface area contributed by atoms with E-state index >= 15 is 0 Å². The van der Waals surface area contributed by atoms with E-state index in [0.29, 0.717) is 35.4 Å². The second-order valence-electron chi connectivity index (χ2n) is 9.14. The summed E-state index contributed by atoms with van der Waals surface area (Å²) in [5, 5.41) is 4.39. The van der Waals surface area contributed by atoms with E-state index in [1.165, 1.54) is 21.3 Å². The molecule has 2 aromatic heterocycles. The number of aryl methyl sites for hydroxylation is 3. The van der Waals surface area contributed by atoms with E-state index in [9.17, 15) is 18.0 Å². The summed E-state index contributed by atoms with van der Waals surface area (Å²) in [6, 6.07) is 10.5. The zero-order valence-electron chi connectivity index (χ0n) is 21.2. The molecule has 1 aliphatic rings. The Morgan fingerprint density at radius 3 is 2.22 bits per heavy atom. The van der Waals surface area contributed by atoms with E-state index in [0.717, 1.165) is 11.1 Å². The van der Waals surface area contributed by atoms with Crippen molar-refractivity contribution in [3.05, 3.63) is 86.5 Å². The SMILES string of the molecule is CCN(CC)S(=O)(=O)c1ccc(C2c3c(oc4cc(C)c(C)cc4c3=O)C(=O)N2c2cc(C)on2)cc1. The van der Waals surface area contributed by atoms with Crippen LogP contribution in [-0.2, 0) is 10.0 Å². The molecule has 2 aromatic carbocycles. The van der Waals surface area contributed by atoms with Crippen LogP contribution < -0.4 is 10.3 Å². The first-order chi connectivity index (χ1) is 17.6. The largest absolute Gasteiger partial charge is 0.450 e. The summed E-state index contributed by atoms with van der Waals surface area (Å²) in [5.74, 6) is 0.139. The monoisotopic (exact) mass is 521 g/mol. The molecule has 3 heterocycles. The molecule has 1 unspecified atom stereocenters. The molecule has 1 atom stereocenters. The summed E-state index contributed by atoms with van der Waals surface area (Å²) in [6.45, 7) is 9.76. The van der Waals surface area contributed by atoms with Crippen molar-refractivity contribution in [3.63, 3.8) is 0 Å². The molecule has 0 radical (unpaired) electrons. The Hall–Kier alpha value is -3.76. The summed E-state index contributed by atoms with van der Waals surface area (Å²) in [5.41, 5.74) is 2.60. The van der Waals surface area contributed by atoms with E-state index in [2.05, 4.69) is 5.16 Å². The molecule has 0 bridgehead atoms. The van der Waals surface area contributed by atoms with Gasteiger partial charge in [0.1, 0.15) is 11.3 Å². The second kappa shape index (κ2) is 8.97. The molecule has 192 valence electrons. The quantitative estimate of drug-likeness (QED) is 0.367. The molecule has 4 aromatic rings. The summed E-state index contributed by atoms with van der Waals surface area (Å²) >= 11 is 0. The van der Waals surface area contributed by atoms with Crippen LogP contribution in [0.25, 0.3) is 11.0 Å². The number of hydrogen-bond donors (Lipinski definition) is 0. The van der Waals surface area contributed by atoms with Gasteiger partial charge in [-0.15, -0.1) is 0 Å². The van der Waals surface area contributed by atoms with Gasteiger partial charge in [0, 0.05) is 19.2 Å². The molecule has 0 spiro atoms. The molecule has 0 saturated heterocycles. The van der Waals surface area contributed by atoms with E-state index in [1.807, 2.05) is 13.8 Å². The van der Waals surface area contributed by atoms with Gasteiger partial charge in [-0.25, -0.2) is 8.42 Å². The summed E-state index contributed by atoms with van der Waals surface area (Å²) < 4.78 is 38.6. The van der Waals surface area contributed by atoms with Crippen LogP contribution in [0, 0.1) is 20.8 Å². The number of fused-ring (bicyclic) bond motifs is 2. The van der Waals surface area contributed by atoms with Gasteiger partial charge in [0.05, 0.1) is 21.9 Å². The van der Waals surface area contributed by atoms with Crippen LogP contribution in [-0.4, -0.2) is 36.9 Å². The number of nitrogens with zero attached hydrogens (tertiary/aromatic N) is 3. The van der Waals surface area contributed by atoms with E-state index < -0.39 is 22.0 Å². The van der Waals surface area contributed by atoms with E-state index in [1.54, 1.807) is 51.1 Å². The lowest BCUT2D eigenvalue weighted by molar-refractivity contribution is 0.0969. The lowest BCUT2D eigenvalue weighted by Gasteiger charge is -2.23. The van der Waals surface area contributed by atoms with Crippen molar-refractivity contribution < 1.29 is 22.2 Å². The maximum absolute atomic E-state index is 13.8. The Labute approximate surface area is 214 Å². The van der Waals surface area contributed by atoms with Crippen molar-refractivity contribution in [2.45, 2.75) is 45.6 Å². The fourth-order valence-corrected chi connectivity index (χ4v) is 6.24. The maximum atomic E-state index is 13.8. The Morgan fingerprint density at radius 2 is 1.62 bits per heavy atom. The van der Waals surface area contributed by atoms with Gasteiger partial charge in [-0.1, -0.05) is 31.1 Å². The average Bonchev–Trinajstić information content (AvgIpc) is 3.42. The predicted octanol–water partition coefficient (Wildman–Crippen LogP) is 4.49. The van der Waals surface area contributed by atoms with Crippen LogP contribution in [0.3, 0.4) is 0 Å². The molecule has 0 aliphatic carbocycles. The van der Waals surface area contributed by atoms with Crippen molar-refractivity contribution in [3.8, 4) is 0 Å². The van der Waals surface area contributed by atoms with Gasteiger partial charge in [0.15, 0.2) is 11.2 Å². The average molecular weight is 522 g/mol. The number of carbonyl (C=O) groups is 1. The van der Waals surface area contributed by atoms with Gasteiger partial charge in [0.25, 0.3) is 5.91 Å². The van der Waals surface area contributed by atoms with Crippen LogP contribution in [0.15, 0.2) is 61.1 Å². The fourth-order valence-electron chi connectivity index (χ4n) is 4.78. The number of sulfonamides is 1. The number of carbonyl (C=O) groups excluding carboxylic acids is 1. The molecular formula is C27H27N3O6S. The van der Waals surface area contributed by atoms with Gasteiger partial charge in [-0.3, -0.25) is 14.5 Å². The van der Waals surface area contributed by atoms with Crippen LogP contribution in [0.1, 0.15) is 58.5 Å². The topological polar surface area (TPSA) is 114 Å². The minimum Gasteiger partial charge on any atom is -0.450 e. The number of amides is 1. The molecule has 0 N–H and O–H groups in total. The summed E-state index contributed by atoms with van der Waals surface area (Å²) in [4.78, 5) is 28.9. The molecule has 1 aliphatic heterocycles. The number of aromatic nitrogens is 1. The van der Waals surface area contributed by atoms with Crippen LogP contribution in [0.5, 0.6) is 0 Å². The van der Waals surface area contributed by atoms with Gasteiger partial charge in [-0.05, 0) is 61.7 Å². The van der Waals surface area contributed by atoms with Crippen LogP contribution >= 0.6 is 0 Å². The third-order valence-electron chi connectivity index (χ3n) is 6.89. The molecule has 0 saturated carbocycles. The number of benzene rings is 2. The number of hydrogen-bond acceptors (Lipinski definition) is 7. The smallest absolute Gasteiger partial charge is 0.296 e. The molecule has 9 nitrogen and oxygen atoms in total. The third kappa shape index (κ3) is 3.87. The third-order valence-corrected chi connectivity index (χ3v) is 8.95. The normalized spacial score (nSPS) is 15.7. The minimum absolute atomic E-state index is 0.0637. The molecule has 1 amide bonds.